The van der Waals surface area contributed by atoms with Gasteiger partial charge in [0.15, 0.2) is 0 Å². The molecule has 1 rings (SSSR count). The summed E-state index contributed by atoms with van der Waals surface area (Å²) >= 11 is 0. The average Bonchev–Trinajstić information content (AvgIpc) is 2.48. The zero-order valence-electron chi connectivity index (χ0n) is 13.7. The lowest BCUT2D eigenvalue weighted by Gasteiger charge is -2.11. The number of aryl methyl sites for hydroxylation is 1. The Bertz CT molecular complexity index is 301. The summed E-state index contributed by atoms with van der Waals surface area (Å²) in [4.78, 5) is 0. The molecule has 0 saturated heterocycles. The molecule has 0 amide bonds. The standard InChI is InChI=1S/C20H34/c1-3-4-5-6-7-9-14-19(2)15-12-13-18-20-16-10-8-11-17-20/h8,10-11,16-17,19H,3-7,9,12-15,18H2,1-2H3. The average molecular weight is 274 g/mol. The van der Waals surface area contributed by atoms with E-state index in [1.807, 2.05) is 0 Å². The maximum absolute atomic E-state index is 2.44. The van der Waals surface area contributed by atoms with Gasteiger partial charge in [0, 0.05) is 0 Å². The Morgan fingerprint density at radius 3 is 2.05 bits per heavy atom. The molecule has 0 saturated carbocycles. The Balaban J connectivity index is 1.91. The van der Waals surface area contributed by atoms with E-state index in [0.29, 0.717) is 0 Å². The molecule has 0 heterocycles. The summed E-state index contributed by atoms with van der Waals surface area (Å²) in [5, 5.41) is 0. The van der Waals surface area contributed by atoms with Crippen LogP contribution in [0.15, 0.2) is 30.3 Å². The Morgan fingerprint density at radius 2 is 1.35 bits per heavy atom. The summed E-state index contributed by atoms with van der Waals surface area (Å²) < 4.78 is 0. The van der Waals surface area contributed by atoms with Crippen molar-refractivity contribution in [1.82, 2.24) is 0 Å². The van der Waals surface area contributed by atoms with Gasteiger partial charge in [0.05, 0.1) is 0 Å². The van der Waals surface area contributed by atoms with Crippen molar-refractivity contribution < 1.29 is 0 Å². The first kappa shape index (κ1) is 17.3. The van der Waals surface area contributed by atoms with E-state index < -0.39 is 0 Å². The van der Waals surface area contributed by atoms with E-state index in [9.17, 15) is 0 Å². The van der Waals surface area contributed by atoms with Crippen LogP contribution in [0.2, 0.25) is 0 Å². The molecule has 0 aromatic heterocycles. The Labute approximate surface area is 127 Å². The van der Waals surface area contributed by atoms with Crippen LogP contribution < -0.4 is 0 Å². The van der Waals surface area contributed by atoms with Gasteiger partial charge in [-0.2, -0.15) is 0 Å². The van der Waals surface area contributed by atoms with Gasteiger partial charge in [0.25, 0.3) is 0 Å². The minimum absolute atomic E-state index is 0.928. The topological polar surface area (TPSA) is 0 Å². The highest BCUT2D eigenvalue weighted by Gasteiger charge is 2.02. The number of rotatable bonds is 12. The predicted molar refractivity (Wildman–Crippen MR) is 91.2 cm³/mol. The first-order valence-electron chi connectivity index (χ1n) is 8.87. The second-order valence-corrected chi connectivity index (χ2v) is 6.39. The summed E-state index contributed by atoms with van der Waals surface area (Å²) in [6.45, 7) is 4.73. The van der Waals surface area contributed by atoms with Crippen LogP contribution in [0.25, 0.3) is 0 Å². The molecule has 0 aliphatic rings. The molecule has 0 spiro atoms. The van der Waals surface area contributed by atoms with Gasteiger partial charge in [0.2, 0.25) is 0 Å². The fraction of sp³-hybridized carbons (Fsp3) is 0.700. The molecule has 0 aliphatic carbocycles. The zero-order valence-corrected chi connectivity index (χ0v) is 13.7. The second kappa shape index (κ2) is 12.0. The van der Waals surface area contributed by atoms with E-state index in [4.69, 9.17) is 0 Å². The maximum atomic E-state index is 2.44. The minimum Gasteiger partial charge on any atom is -0.0654 e. The van der Waals surface area contributed by atoms with Gasteiger partial charge in [-0.1, -0.05) is 102 Å². The van der Waals surface area contributed by atoms with Gasteiger partial charge in [0.1, 0.15) is 0 Å². The Kier molecular flexibility index (Phi) is 10.4. The van der Waals surface area contributed by atoms with Gasteiger partial charge >= 0.3 is 0 Å². The van der Waals surface area contributed by atoms with Crippen LogP contribution in [0, 0.1) is 5.92 Å². The maximum Gasteiger partial charge on any atom is -0.0279 e. The first-order valence-corrected chi connectivity index (χ1v) is 8.87. The molecular weight excluding hydrogens is 240 g/mol. The number of unbranched alkanes of at least 4 members (excludes halogenated alkanes) is 6. The molecule has 114 valence electrons. The third kappa shape index (κ3) is 9.18. The quantitative estimate of drug-likeness (QED) is 0.368. The third-order valence-electron chi connectivity index (χ3n) is 4.31. The van der Waals surface area contributed by atoms with E-state index in [2.05, 4.69) is 44.2 Å². The Morgan fingerprint density at radius 1 is 0.750 bits per heavy atom. The van der Waals surface area contributed by atoms with E-state index in [1.165, 1.54) is 76.2 Å². The van der Waals surface area contributed by atoms with Crippen molar-refractivity contribution in [2.24, 2.45) is 5.92 Å². The van der Waals surface area contributed by atoms with Crippen molar-refractivity contribution in [2.75, 3.05) is 0 Å². The van der Waals surface area contributed by atoms with Crippen LogP contribution in [0.1, 0.15) is 83.6 Å². The summed E-state index contributed by atoms with van der Waals surface area (Å²) in [5.41, 5.74) is 1.50. The summed E-state index contributed by atoms with van der Waals surface area (Å²) in [5.74, 6) is 0.928. The molecule has 1 atom stereocenters. The highest BCUT2D eigenvalue weighted by molar-refractivity contribution is 5.14. The lowest BCUT2D eigenvalue weighted by atomic mass is 9.95. The fourth-order valence-electron chi connectivity index (χ4n) is 2.88. The van der Waals surface area contributed by atoms with Gasteiger partial charge in [-0.25, -0.2) is 0 Å². The molecule has 0 N–H and O–H groups in total. The molecule has 1 aromatic rings. The summed E-state index contributed by atoms with van der Waals surface area (Å²) in [6.07, 6.45) is 15.4. The van der Waals surface area contributed by atoms with E-state index >= 15 is 0 Å². The van der Waals surface area contributed by atoms with Crippen molar-refractivity contribution in [3.63, 3.8) is 0 Å². The summed E-state index contributed by atoms with van der Waals surface area (Å²) in [6, 6.07) is 10.9. The first-order chi connectivity index (χ1) is 9.83. The molecule has 0 radical (unpaired) electrons. The normalized spacial score (nSPS) is 12.5. The molecule has 1 unspecified atom stereocenters. The van der Waals surface area contributed by atoms with Crippen LogP contribution in [-0.2, 0) is 6.42 Å². The van der Waals surface area contributed by atoms with Crippen LogP contribution >= 0.6 is 0 Å². The van der Waals surface area contributed by atoms with Crippen molar-refractivity contribution in [3.8, 4) is 0 Å². The van der Waals surface area contributed by atoms with Crippen LogP contribution in [0.3, 0.4) is 0 Å². The van der Waals surface area contributed by atoms with Gasteiger partial charge in [-0.3, -0.25) is 0 Å². The molecule has 0 nitrogen and oxygen atoms in total. The lowest BCUT2D eigenvalue weighted by molar-refractivity contribution is 0.438. The molecule has 0 bridgehead atoms. The molecular formula is C20H34. The monoisotopic (exact) mass is 274 g/mol. The SMILES string of the molecule is CCCCCCCCC(C)CCCCc1ccccc1. The van der Waals surface area contributed by atoms with Crippen LogP contribution in [-0.4, -0.2) is 0 Å². The van der Waals surface area contributed by atoms with Gasteiger partial charge in [-0.05, 0) is 24.3 Å². The molecule has 0 fully saturated rings. The van der Waals surface area contributed by atoms with Gasteiger partial charge < -0.3 is 0 Å². The van der Waals surface area contributed by atoms with E-state index in [0.717, 1.165) is 5.92 Å². The smallest absolute Gasteiger partial charge is 0.0279 e. The fourth-order valence-corrected chi connectivity index (χ4v) is 2.88. The molecule has 0 aliphatic heterocycles. The second-order valence-electron chi connectivity index (χ2n) is 6.39. The van der Waals surface area contributed by atoms with Crippen molar-refractivity contribution in [2.45, 2.75) is 84.5 Å². The number of hydrogen-bond acceptors (Lipinski definition) is 0. The molecule has 0 heteroatoms. The Hall–Kier alpha value is -0.780. The van der Waals surface area contributed by atoms with Crippen molar-refractivity contribution in [3.05, 3.63) is 35.9 Å². The largest absolute Gasteiger partial charge is 0.0654 e. The molecule has 20 heavy (non-hydrogen) atoms. The third-order valence-corrected chi connectivity index (χ3v) is 4.31. The lowest BCUT2D eigenvalue weighted by Crippen LogP contribution is -1.96. The van der Waals surface area contributed by atoms with Crippen LogP contribution in [0.5, 0.6) is 0 Å². The highest BCUT2D eigenvalue weighted by Crippen LogP contribution is 2.18. The minimum atomic E-state index is 0.928. The zero-order chi connectivity index (χ0) is 14.5. The molecule has 1 aromatic carbocycles. The van der Waals surface area contributed by atoms with Crippen molar-refractivity contribution >= 4 is 0 Å². The van der Waals surface area contributed by atoms with E-state index in [-0.39, 0.29) is 0 Å². The predicted octanol–water partition coefficient (Wildman–Crippen LogP) is 6.79. The van der Waals surface area contributed by atoms with Crippen molar-refractivity contribution in [1.29, 1.82) is 0 Å². The van der Waals surface area contributed by atoms with E-state index in [1.54, 1.807) is 0 Å². The summed E-state index contributed by atoms with van der Waals surface area (Å²) in [7, 11) is 0. The van der Waals surface area contributed by atoms with Crippen LogP contribution in [0.4, 0.5) is 0 Å². The van der Waals surface area contributed by atoms with Gasteiger partial charge in [-0.15, -0.1) is 0 Å². The highest BCUT2D eigenvalue weighted by atomic mass is 14.1. The number of benzene rings is 1. The number of hydrogen-bond donors (Lipinski definition) is 0.